The minimum absolute atomic E-state index is 0.0211. The van der Waals surface area contributed by atoms with Crippen molar-refractivity contribution in [3.05, 3.63) is 63.6 Å². The van der Waals surface area contributed by atoms with E-state index in [9.17, 15) is 0 Å². The largest absolute Gasteiger partial charge is 0.367 e. The summed E-state index contributed by atoms with van der Waals surface area (Å²) in [5.41, 5.74) is 9.05. The van der Waals surface area contributed by atoms with Crippen molar-refractivity contribution in [2.24, 2.45) is 5.73 Å². The van der Waals surface area contributed by atoms with Crippen LogP contribution in [0, 0.1) is 0 Å². The molecule has 0 radical (unpaired) electrons. The lowest BCUT2D eigenvalue weighted by molar-refractivity contribution is 0.739. The molecule has 0 aliphatic rings. The Morgan fingerprint density at radius 1 is 1.00 bits per heavy atom. The first-order valence-corrected chi connectivity index (χ1v) is 7.69. The van der Waals surface area contributed by atoms with Gasteiger partial charge in [-0.05, 0) is 49.2 Å². The van der Waals surface area contributed by atoms with Gasteiger partial charge >= 0.3 is 0 Å². The summed E-state index contributed by atoms with van der Waals surface area (Å²) in [7, 11) is 2.03. The number of anilines is 1. The first-order valence-electron chi connectivity index (χ1n) is 6.93. The third-order valence-corrected chi connectivity index (χ3v) is 4.33. The van der Waals surface area contributed by atoms with Gasteiger partial charge in [-0.25, -0.2) is 0 Å². The molecule has 4 heteroatoms. The molecule has 0 fully saturated rings. The van der Waals surface area contributed by atoms with Gasteiger partial charge in [0.25, 0.3) is 0 Å². The van der Waals surface area contributed by atoms with Crippen LogP contribution in [0.4, 0.5) is 5.69 Å². The van der Waals surface area contributed by atoms with Crippen LogP contribution in [0.1, 0.15) is 37.1 Å². The summed E-state index contributed by atoms with van der Waals surface area (Å²) >= 11 is 12.5. The lowest BCUT2D eigenvalue weighted by Gasteiger charge is -2.28. The molecule has 0 heterocycles. The van der Waals surface area contributed by atoms with Crippen molar-refractivity contribution in [3.8, 4) is 0 Å². The molecule has 0 spiro atoms. The number of benzene rings is 2. The molecule has 0 amide bonds. The van der Waals surface area contributed by atoms with Gasteiger partial charge in [0.2, 0.25) is 0 Å². The van der Waals surface area contributed by atoms with Gasteiger partial charge in [0.05, 0.1) is 16.8 Å². The molecule has 0 bridgehead atoms. The van der Waals surface area contributed by atoms with Gasteiger partial charge in [0, 0.05) is 18.1 Å². The number of nitrogens with two attached hydrogens (primary N) is 1. The highest BCUT2D eigenvalue weighted by molar-refractivity contribution is 6.33. The molecule has 112 valence electrons. The summed E-state index contributed by atoms with van der Waals surface area (Å²) in [6.07, 6.45) is 0. The van der Waals surface area contributed by atoms with Crippen LogP contribution >= 0.6 is 23.2 Å². The van der Waals surface area contributed by atoms with Gasteiger partial charge in [0.1, 0.15) is 0 Å². The molecule has 0 aromatic heterocycles. The van der Waals surface area contributed by atoms with E-state index in [4.69, 9.17) is 28.9 Å². The fourth-order valence-electron chi connectivity index (χ4n) is 2.29. The smallest absolute Gasteiger partial charge is 0.0642 e. The van der Waals surface area contributed by atoms with Crippen LogP contribution in [-0.2, 0) is 0 Å². The van der Waals surface area contributed by atoms with E-state index in [2.05, 4.69) is 17.9 Å². The van der Waals surface area contributed by atoms with Crippen molar-refractivity contribution < 1.29 is 0 Å². The molecule has 2 atom stereocenters. The summed E-state index contributed by atoms with van der Waals surface area (Å²) in [5.74, 6) is 0. The molecule has 2 N–H and O–H groups in total. The van der Waals surface area contributed by atoms with Gasteiger partial charge in [-0.15, -0.1) is 0 Å². The predicted octanol–water partition coefficient (Wildman–Crippen LogP) is 5.21. The number of halogens is 2. The van der Waals surface area contributed by atoms with E-state index < -0.39 is 0 Å². The molecule has 0 saturated carbocycles. The monoisotopic (exact) mass is 322 g/mol. The third-order valence-electron chi connectivity index (χ3n) is 3.79. The zero-order valence-corrected chi connectivity index (χ0v) is 14.0. The average molecular weight is 323 g/mol. The Balaban J connectivity index is 2.29. The Bertz CT molecular complexity index is 626. The van der Waals surface area contributed by atoms with Gasteiger partial charge in [-0.3, -0.25) is 0 Å². The second-order valence-electron chi connectivity index (χ2n) is 5.34. The quantitative estimate of drug-likeness (QED) is 0.837. The Labute approximate surface area is 136 Å². The van der Waals surface area contributed by atoms with E-state index in [0.717, 1.165) is 21.8 Å². The molecule has 2 rings (SSSR count). The van der Waals surface area contributed by atoms with Crippen LogP contribution in [-0.4, -0.2) is 7.05 Å². The fraction of sp³-hybridized carbons (Fsp3) is 0.294. The predicted molar refractivity (Wildman–Crippen MR) is 92.3 cm³/mol. The van der Waals surface area contributed by atoms with Crippen molar-refractivity contribution in [2.45, 2.75) is 25.9 Å². The first kappa shape index (κ1) is 16.2. The number of hydrogen-bond donors (Lipinski definition) is 1. The lowest BCUT2D eigenvalue weighted by Crippen LogP contribution is -2.22. The summed E-state index contributed by atoms with van der Waals surface area (Å²) in [4.78, 5) is 2.14. The van der Waals surface area contributed by atoms with E-state index in [1.165, 1.54) is 0 Å². The highest BCUT2D eigenvalue weighted by Crippen LogP contribution is 2.33. The molecular formula is C17H20Cl2N2. The normalized spacial score (nSPS) is 13.8. The maximum atomic E-state index is 6.41. The standard InChI is InChI=1S/C17H20Cl2N2/c1-11(20)13-7-8-17(16(19)10-13)21(3)12(2)14-5-4-6-15(18)9-14/h4-12H,20H2,1-3H3/t11-,12?/m1/s1. The van der Waals surface area contributed by atoms with Crippen molar-refractivity contribution in [2.75, 3.05) is 11.9 Å². The van der Waals surface area contributed by atoms with Crippen molar-refractivity contribution >= 4 is 28.9 Å². The third kappa shape index (κ3) is 3.70. The summed E-state index contributed by atoms with van der Waals surface area (Å²) in [6, 6.07) is 14.0. The van der Waals surface area contributed by atoms with Gasteiger partial charge < -0.3 is 10.6 Å². The molecule has 0 saturated heterocycles. The van der Waals surface area contributed by atoms with Gasteiger partial charge in [-0.1, -0.05) is 41.4 Å². The number of hydrogen-bond acceptors (Lipinski definition) is 2. The summed E-state index contributed by atoms with van der Waals surface area (Å²) < 4.78 is 0. The maximum Gasteiger partial charge on any atom is 0.0642 e. The van der Waals surface area contributed by atoms with E-state index in [1.807, 2.05) is 50.4 Å². The van der Waals surface area contributed by atoms with Crippen LogP contribution < -0.4 is 10.6 Å². The van der Waals surface area contributed by atoms with Crippen molar-refractivity contribution in [1.29, 1.82) is 0 Å². The highest BCUT2D eigenvalue weighted by atomic mass is 35.5. The molecule has 2 nitrogen and oxygen atoms in total. The van der Waals surface area contributed by atoms with Crippen LogP contribution in [0.25, 0.3) is 0 Å². The van der Waals surface area contributed by atoms with Crippen molar-refractivity contribution in [1.82, 2.24) is 0 Å². The zero-order valence-electron chi connectivity index (χ0n) is 12.5. The Kier molecular flexibility index (Phi) is 5.15. The molecule has 1 unspecified atom stereocenters. The van der Waals surface area contributed by atoms with Crippen LogP contribution in [0.15, 0.2) is 42.5 Å². The molecular weight excluding hydrogens is 303 g/mol. The highest BCUT2D eigenvalue weighted by Gasteiger charge is 2.16. The molecule has 2 aromatic rings. The van der Waals surface area contributed by atoms with Crippen LogP contribution in [0.3, 0.4) is 0 Å². The second kappa shape index (κ2) is 6.69. The fourth-order valence-corrected chi connectivity index (χ4v) is 2.81. The van der Waals surface area contributed by atoms with Crippen LogP contribution in [0.5, 0.6) is 0 Å². The molecule has 0 aliphatic carbocycles. The maximum absolute atomic E-state index is 6.41. The zero-order chi connectivity index (χ0) is 15.6. The van der Waals surface area contributed by atoms with E-state index in [-0.39, 0.29) is 12.1 Å². The Hall–Kier alpha value is -1.22. The summed E-state index contributed by atoms with van der Waals surface area (Å²) in [5, 5.41) is 1.45. The number of rotatable bonds is 4. The van der Waals surface area contributed by atoms with E-state index in [1.54, 1.807) is 0 Å². The minimum atomic E-state index is -0.0211. The van der Waals surface area contributed by atoms with Crippen molar-refractivity contribution in [3.63, 3.8) is 0 Å². The lowest BCUT2D eigenvalue weighted by atomic mass is 10.1. The Morgan fingerprint density at radius 3 is 2.29 bits per heavy atom. The average Bonchev–Trinajstić information content (AvgIpc) is 2.45. The van der Waals surface area contributed by atoms with E-state index >= 15 is 0 Å². The van der Waals surface area contributed by atoms with Gasteiger partial charge in [-0.2, -0.15) is 0 Å². The second-order valence-corrected chi connectivity index (χ2v) is 6.19. The van der Waals surface area contributed by atoms with E-state index in [0.29, 0.717) is 5.02 Å². The Morgan fingerprint density at radius 2 is 1.71 bits per heavy atom. The topological polar surface area (TPSA) is 29.3 Å². The molecule has 21 heavy (non-hydrogen) atoms. The van der Waals surface area contributed by atoms with Gasteiger partial charge in [0.15, 0.2) is 0 Å². The first-order chi connectivity index (χ1) is 9.90. The van der Waals surface area contributed by atoms with Crippen LogP contribution in [0.2, 0.25) is 10.0 Å². The molecule has 0 aliphatic heterocycles. The SMILES string of the molecule is CC(c1cccc(Cl)c1)N(C)c1ccc([C@@H](C)N)cc1Cl. The minimum Gasteiger partial charge on any atom is -0.367 e. The summed E-state index contributed by atoms with van der Waals surface area (Å²) in [6.45, 7) is 4.07. The molecule has 2 aromatic carbocycles. The number of nitrogens with zero attached hydrogens (tertiary/aromatic N) is 1.